The molecule has 3 aromatic carbocycles. The highest BCUT2D eigenvalue weighted by Crippen LogP contribution is 2.40. The van der Waals surface area contributed by atoms with Gasteiger partial charge in [-0.15, -0.1) is 0 Å². The average molecular weight is 359 g/mol. The van der Waals surface area contributed by atoms with E-state index in [2.05, 4.69) is 97.9 Å². The largest absolute Gasteiger partial charge is 0.361 e. The summed E-state index contributed by atoms with van der Waals surface area (Å²) in [4.78, 5) is 0. The number of hydrogen-bond donors (Lipinski definition) is 0. The first-order valence-electron chi connectivity index (χ1n) is 10.2. The van der Waals surface area contributed by atoms with Crippen molar-refractivity contribution in [3.63, 3.8) is 0 Å². The molecule has 0 heterocycles. The smallest absolute Gasteiger partial charge is 0.143 e. The van der Waals surface area contributed by atoms with Gasteiger partial charge in [0, 0.05) is 6.61 Å². The first-order valence-corrected chi connectivity index (χ1v) is 10.2. The fraction of sp³-hybridized carbons (Fsp3) is 0.308. The molecule has 0 aliphatic rings. The lowest BCUT2D eigenvalue weighted by Gasteiger charge is -2.36. The summed E-state index contributed by atoms with van der Waals surface area (Å²) in [6, 6.07) is 31.8. The zero-order valence-corrected chi connectivity index (χ0v) is 16.3. The molecule has 0 saturated heterocycles. The molecule has 0 N–H and O–H groups in total. The van der Waals surface area contributed by atoms with E-state index in [0.29, 0.717) is 0 Å². The average Bonchev–Trinajstić information content (AvgIpc) is 2.75. The highest BCUT2D eigenvalue weighted by Gasteiger charge is 2.37. The second kappa shape index (κ2) is 10.1. The molecule has 1 heteroatoms. The van der Waals surface area contributed by atoms with Gasteiger partial charge in [0.15, 0.2) is 0 Å². The molecule has 0 aliphatic carbocycles. The first-order chi connectivity index (χ1) is 13.4. The first kappa shape index (κ1) is 19.4. The molecule has 0 atom stereocenters. The predicted molar refractivity (Wildman–Crippen MR) is 114 cm³/mol. The van der Waals surface area contributed by atoms with Crippen LogP contribution in [0.2, 0.25) is 0 Å². The molecule has 1 nitrogen and oxygen atoms in total. The Kier molecular flexibility index (Phi) is 7.24. The molecule has 0 spiro atoms. The summed E-state index contributed by atoms with van der Waals surface area (Å²) < 4.78 is 6.77. The monoisotopic (exact) mass is 358 g/mol. The van der Waals surface area contributed by atoms with Gasteiger partial charge in [-0.3, -0.25) is 0 Å². The van der Waals surface area contributed by atoms with Crippen LogP contribution >= 0.6 is 0 Å². The van der Waals surface area contributed by atoms with Crippen LogP contribution in [-0.2, 0) is 10.3 Å². The van der Waals surface area contributed by atoms with Gasteiger partial charge in [0.1, 0.15) is 5.60 Å². The predicted octanol–water partition coefficient (Wildman–Crippen LogP) is 6.97. The molecule has 0 amide bonds. The maximum atomic E-state index is 6.77. The Bertz CT molecular complexity index is 668. The van der Waals surface area contributed by atoms with Crippen LogP contribution in [0, 0.1) is 0 Å². The Morgan fingerprint density at radius 1 is 0.556 bits per heavy atom. The van der Waals surface area contributed by atoms with E-state index in [1.807, 2.05) is 0 Å². The van der Waals surface area contributed by atoms with Crippen molar-refractivity contribution in [2.75, 3.05) is 6.61 Å². The lowest BCUT2D eigenvalue weighted by Crippen LogP contribution is -2.33. The summed E-state index contributed by atoms with van der Waals surface area (Å²) in [7, 11) is 0. The number of hydrogen-bond acceptors (Lipinski definition) is 1. The molecule has 0 aliphatic heterocycles. The summed E-state index contributed by atoms with van der Waals surface area (Å²) in [5, 5.41) is 0. The van der Waals surface area contributed by atoms with E-state index in [0.717, 1.165) is 13.0 Å². The van der Waals surface area contributed by atoms with Crippen molar-refractivity contribution >= 4 is 0 Å². The Hall–Kier alpha value is -2.38. The summed E-state index contributed by atoms with van der Waals surface area (Å²) in [5.74, 6) is 0. The molecule has 27 heavy (non-hydrogen) atoms. The van der Waals surface area contributed by atoms with Gasteiger partial charge in [-0.05, 0) is 23.1 Å². The molecule has 0 unspecified atom stereocenters. The van der Waals surface area contributed by atoms with Crippen LogP contribution in [-0.4, -0.2) is 6.61 Å². The summed E-state index contributed by atoms with van der Waals surface area (Å²) in [6.45, 7) is 3.00. The molecule has 3 aromatic rings. The third-order valence-corrected chi connectivity index (χ3v) is 5.11. The quantitative estimate of drug-likeness (QED) is 0.281. The number of ether oxygens (including phenoxy) is 1. The molecule has 0 aromatic heterocycles. The van der Waals surface area contributed by atoms with Gasteiger partial charge in [0.2, 0.25) is 0 Å². The molecule has 0 radical (unpaired) electrons. The number of unbranched alkanes of at least 4 members (excludes halogenated alkanes) is 4. The van der Waals surface area contributed by atoms with Gasteiger partial charge in [-0.1, -0.05) is 124 Å². The van der Waals surface area contributed by atoms with E-state index in [4.69, 9.17) is 4.74 Å². The topological polar surface area (TPSA) is 9.23 Å². The SMILES string of the molecule is CCCCCCCOC(c1ccccc1)(c1ccccc1)c1ccccc1. The lowest BCUT2D eigenvalue weighted by molar-refractivity contribution is 0.0106. The van der Waals surface area contributed by atoms with E-state index in [1.54, 1.807) is 0 Å². The Morgan fingerprint density at radius 2 is 0.963 bits per heavy atom. The van der Waals surface area contributed by atoms with E-state index in [1.165, 1.54) is 42.4 Å². The van der Waals surface area contributed by atoms with Gasteiger partial charge in [-0.2, -0.15) is 0 Å². The van der Waals surface area contributed by atoms with Crippen LogP contribution in [0.4, 0.5) is 0 Å². The maximum absolute atomic E-state index is 6.77. The molecule has 3 rings (SSSR count). The van der Waals surface area contributed by atoms with E-state index < -0.39 is 5.60 Å². The second-order valence-electron chi connectivity index (χ2n) is 7.04. The van der Waals surface area contributed by atoms with Gasteiger partial charge in [0.05, 0.1) is 0 Å². The minimum absolute atomic E-state index is 0.575. The van der Waals surface area contributed by atoms with Crippen molar-refractivity contribution in [2.45, 2.75) is 44.6 Å². The van der Waals surface area contributed by atoms with E-state index >= 15 is 0 Å². The third kappa shape index (κ3) is 4.67. The van der Waals surface area contributed by atoms with E-state index in [-0.39, 0.29) is 0 Å². The minimum atomic E-state index is -0.575. The van der Waals surface area contributed by atoms with Crippen LogP contribution in [0.5, 0.6) is 0 Å². The zero-order valence-electron chi connectivity index (χ0n) is 16.3. The van der Waals surface area contributed by atoms with Crippen LogP contribution in [0.25, 0.3) is 0 Å². The zero-order chi connectivity index (χ0) is 18.8. The Labute approximate surface area is 164 Å². The second-order valence-corrected chi connectivity index (χ2v) is 7.04. The number of benzene rings is 3. The Morgan fingerprint density at radius 3 is 1.37 bits per heavy atom. The van der Waals surface area contributed by atoms with Crippen LogP contribution in [0.3, 0.4) is 0 Å². The van der Waals surface area contributed by atoms with Crippen LogP contribution < -0.4 is 0 Å². The van der Waals surface area contributed by atoms with Gasteiger partial charge >= 0.3 is 0 Å². The van der Waals surface area contributed by atoms with Crippen molar-refractivity contribution in [2.24, 2.45) is 0 Å². The summed E-state index contributed by atoms with van der Waals surface area (Å²) >= 11 is 0. The maximum Gasteiger partial charge on any atom is 0.143 e. The molecule has 0 saturated carbocycles. The van der Waals surface area contributed by atoms with Crippen molar-refractivity contribution in [1.82, 2.24) is 0 Å². The molecule has 0 bridgehead atoms. The van der Waals surface area contributed by atoms with Crippen molar-refractivity contribution in [3.8, 4) is 0 Å². The lowest BCUT2D eigenvalue weighted by atomic mass is 9.80. The van der Waals surface area contributed by atoms with E-state index in [9.17, 15) is 0 Å². The van der Waals surface area contributed by atoms with Crippen molar-refractivity contribution in [3.05, 3.63) is 108 Å². The third-order valence-electron chi connectivity index (χ3n) is 5.11. The summed E-state index contributed by atoms with van der Waals surface area (Å²) in [6.07, 6.45) is 6.18. The van der Waals surface area contributed by atoms with Gasteiger partial charge < -0.3 is 4.74 Å². The normalized spacial score (nSPS) is 11.4. The fourth-order valence-electron chi connectivity index (χ4n) is 3.70. The fourth-order valence-corrected chi connectivity index (χ4v) is 3.70. The highest BCUT2D eigenvalue weighted by atomic mass is 16.5. The Balaban J connectivity index is 1.98. The molecule has 0 fully saturated rings. The molecular formula is C26H30O. The summed E-state index contributed by atoms with van der Waals surface area (Å²) in [5.41, 5.74) is 2.96. The minimum Gasteiger partial charge on any atom is -0.361 e. The van der Waals surface area contributed by atoms with Gasteiger partial charge in [0.25, 0.3) is 0 Å². The molecule has 140 valence electrons. The van der Waals surface area contributed by atoms with Crippen molar-refractivity contribution < 1.29 is 4.74 Å². The van der Waals surface area contributed by atoms with Gasteiger partial charge in [-0.25, -0.2) is 0 Å². The van der Waals surface area contributed by atoms with Crippen molar-refractivity contribution in [1.29, 1.82) is 0 Å². The number of rotatable bonds is 10. The highest BCUT2D eigenvalue weighted by molar-refractivity contribution is 5.47. The molecular weight excluding hydrogens is 328 g/mol. The van der Waals surface area contributed by atoms with Crippen LogP contribution in [0.1, 0.15) is 55.7 Å². The standard InChI is InChI=1S/C26H30O/c1-2-3-4-5-15-22-27-26(23-16-9-6-10-17-23,24-18-11-7-12-19-24)25-20-13-8-14-21-25/h6-14,16-21H,2-5,15,22H2,1H3. The van der Waals surface area contributed by atoms with Crippen LogP contribution in [0.15, 0.2) is 91.0 Å².